The van der Waals surface area contributed by atoms with Gasteiger partial charge in [-0.25, -0.2) is 4.79 Å². The molecule has 1 unspecified atom stereocenters. The Kier molecular flexibility index (Phi) is 3.36. The molecular formula is C19H18ClNO3. The zero-order chi connectivity index (χ0) is 17.1. The third-order valence-electron chi connectivity index (χ3n) is 4.90. The van der Waals surface area contributed by atoms with E-state index in [1.54, 1.807) is 12.1 Å². The molecule has 0 saturated heterocycles. The van der Waals surface area contributed by atoms with E-state index in [1.165, 1.54) is 0 Å². The largest absolute Gasteiger partial charge is 0.456 e. The lowest BCUT2D eigenvalue weighted by atomic mass is 9.69. The standard InChI is InChI=1S/C19H18ClNO3/c1-19(2)7-12-16(14(22)8-19)15(10-3-5-11(20)6-4-10)17-13(21-12)9-24-18(17)23/h3-6,15,21H,7-9H2,1-2H3. The fourth-order valence-corrected chi connectivity index (χ4v) is 4.03. The first-order valence-electron chi connectivity index (χ1n) is 8.05. The Morgan fingerprint density at radius 3 is 2.50 bits per heavy atom. The second kappa shape index (κ2) is 5.21. The number of hydrogen-bond acceptors (Lipinski definition) is 4. The van der Waals surface area contributed by atoms with Gasteiger partial charge in [-0.15, -0.1) is 0 Å². The van der Waals surface area contributed by atoms with E-state index in [9.17, 15) is 9.59 Å². The molecule has 0 aromatic heterocycles. The van der Waals surface area contributed by atoms with E-state index < -0.39 is 0 Å². The van der Waals surface area contributed by atoms with Crippen LogP contribution in [0.5, 0.6) is 0 Å². The average molecular weight is 344 g/mol. The minimum atomic E-state index is -0.368. The Labute approximate surface area is 145 Å². The molecule has 0 spiro atoms. The smallest absolute Gasteiger partial charge is 0.337 e. The van der Waals surface area contributed by atoms with Crippen LogP contribution in [-0.4, -0.2) is 18.4 Å². The van der Waals surface area contributed by atoms with E-state index in [0.717, 1.165) is 23.4 Å². The van der Waals surface area contributed by atoms with Gasteiger partial charge in [0.25, 0.3) is 0 Å². The highest BCUT2D eigenvalue weighted by Gasteiger charge is 2.45. The maximum Gasteiger partial charge on any atom is 0.337 e. The van der Waals surface area contributed by atoms with Crippen LogP contribution in [0.25, 0.3) is 0 Å². The highest BCUT2D eigenvalue weighted by atomic mass is 35.5. The van der Waals surface area contributed by atoms with Gasteiger partial charge in [0.2, 0.25) is 0 Å². The number of carbonyl (C=O) groups excluding carboxylic acids is 2. The maximum absolute atomic E-state index is 12.9. The first kappa shape index (κ1) is 15.5. The van der Waals surface area contributed by atoms with Gasteiger partial charge in [-0.2, -0.15) is 0 Å². The van der Waals surface area contributed by atoms with Crippen molar-refractivity contribution in [3.63, 3.8) is 0 Å². The van der Waals surface area contributed by atoms with E-state index >= 15 is 0 Å². The third kappa shape index (κ3) is 2.37. The molecule has 1 atom stereocenters. The Morgan fingerprint density at radius 2 is 1.79 bits per heavy atom. The fourth-order valence-electron chi connectivity index (χ4n) is 3.91. The predicted octanol–water partition coefficient (Wildman–Crippen LogP) is 3.48. The lowest BCUT2D eigenvalue weighted by Gasteiger charge is -2.38. The number of hydrogen-bond donors (Lipinski definition) is 1. The molecule has 2 aliphatic heterocycles. The topological polar surface area (TPSA) is 55.4 Å². The Hall–Kier alpha value is -2.07. The van der Waals surface area contributed by atoms with E-state index in [1.807, 2.05) is 12.1 Å². The van der Waals surface area contributed by atoms with Crippen LogP contribution in [-0.2, 0) is 14.3 Å². The zero-order valence-corrected chi connectivity index (χ0v) is 14.4. The van der Waals surface area contributed by atoms with Crippen molar-refractivity contribution >= 4 is 23.4 Å². The Morgan fingerprint density at radius 1 is 1.08 bits per heavy atom. The predicted molar refractivity (Wildman–Crippen MR) is 90.4 cm³/mol. The van der Waals surface area contributed by atoms with Crippen molar-refractivity contribution in [1.82, 2.24) is 5.32 Å². The van der Waals surface area contributed by atoms with Gasteiger partial charge in [-0.1, -0.05) is 37.6 Å². The Bertz CT molecular complexity index is 818. The van der Waals surface area contributed by atoms with Crippen molar-refractivity contribution in [2.45, 2.75) is 32.6 Å². The summed E-state index contributed by atoms with van der Waals surface area (Å²) >= 11 is 6.00. The van der Waals surface area contributed by atoms with Gasteiger partial charge in [0.15, 0.2) is 5.78 Å². The first-order chi connectivity index (χ1) is 11.4. The van der Waals surface area contributed by atoms with Crippen LogP contribution in [0, 0.1) is 5.41 Å². The summed E-state index contributed by atoms with van der Waals surface area (Å²) in [7, 11) is 0. The molecule has 0 radical (unpaired) electrons. The summed E-state index contributed by atoms with van der Waals surface area (Å²) in [6.07, 6.45) is 1.26. The summed E-state index contributed by atoms with van der Waals surface area (Å²) in [6.45, 7) is 4.42. The highest BCUT2D eigenvalue weighted by Crippen LogP contribution is 2.47. The van der Waals surface area contributed by atoms with Crippen molar-refractivity contribution in [2.24, 2.45) is 5.41 Å². The monoisotopic (exact) mass is 343 g/mol. The number of Topliss-reactive ketones (excluding diaryl/α,β-unsaturated/α-hetero) is 1. The molecule has 24 heavy (non-hydrogen) atoms. The van der Waals surface area contributed by atoms with E-state index in [0.29, 0.717) is 22.6 Å². The van der Waals surface area contributed by atoms with Gasteiger partial charge in [-0.3, -0.25) is 4.79 Å². The summed E-state index contributed by atoms with van der Waals surface area (Å²) in [6, 6.07) is 7.34. The highest BCUT2D eigenvalue weighted by molar-refractivity contribution is 6.30. The SMILES string of the molecule is CC1(C)CC(=O)C2=C(C1)NC1=C(C(=O)OC1)C2c1ccc(Cl)cc1. The number of dihydropyridines is 1. The van der Waals surface area contributed by atoms with Gasteiger partial charge >= 0.3 is 5.97 Å². The number of ketones is 1. The zero-order valence-electron chi connectivity index (χ0n) is 13.6. The molecule has 1 aliphatic carbocycles. The van der Waals surface area contributed by atoms with E-state index in [-0.39, 0.29) is 29.7 Å². The number of halogens is 1. The van der Waals surface area contributed by atoms with Crippen LogP contribution in [0.15, 0.2) is 46.8 Å². The van der Waals surface area contributed by atoms with Crippen LogP contribution in [0.4, 0.5) is 0 Å². The van der Waals surface area contributed by atoms with Gasteiger partial charge in [-0.05, 0) is 29.5 Å². The van der Waals surface area contributed by atoms with Crippen molar-refractivity contribution in [3.8, 4) is 0 Å². The molecule has 2 heterocycles. The van der Waals surface area contributed by atoms with E-state index in [4.69, 9.17) is 16.3 Å². The lowest BCUT2D eigenvalue weighted by molar-refractivity contribution is -0.136. The lowest BCUT2D eigenvalue weighted by Crippen LogP contribution is -2.37. The van der Waals surface area contributed by atoms with Crippen molar-refractivity contribution < 1.29 is 14.3 Å². The second-order valence-electron chi connectivity index (χ2n) is 7.41. The molecule has 1 aromatic carbocycles. The number of nitrogens with one attached hydrogen (secondary N) is 1. The average Bonchev–Trinajstić information content (AvgIpc) is 2.86. The van der Waals surface area contributed by atoms with Crippen LogP contribution in [0.1, 0.15) is 38.2 Å². The summed E-state index contributed by atoms with van der Waals surface area (Å²) in [4.78, 5) is 25.2. The quantitative estimate of drug-likeness (QED) is 0.793. The van der Waals surface area contributed by atoms with Gasteiger partial charge in [0.1, 0.15) is 6.61 Å². The normalized spacial score (nSPS) is 25.2. The first-order valence-corrected chi connectivity index (χ1v) is 8.42. The van der Waals surface area contributed by atoms with Gasteiger partial charge in [0, 0.05) is 28.6 Å². The van der Waals surface area contributed by atoms with Gasteiger partial charge < -0.3 is 10.1 Å². The van der Waals surface area contributed by atoms with Crippen LogP contribution in [0.2, 0.25) is 5.02 Å². The summed E-state index contributed by atoms with van der Waals surface area (Å²) in [5.41, 5.74) is 3.78. The second-order valence-corrected chi connectivity index (χ2v) is 7.85. The molecule has 0 fully saturated rings. The molecular weight excluding hydrogens is 326 g/mol. The molecule has 4 rings (SSSR count). The molecule has 3 aliphatic rings. The minimum Gasteiger partial charge on any atom is -0.456 e. The number of ether oxygens (including phenoxy) is 1. The number of benzene rings is 1. The Balaban J connectivity index is 1.89. The molecule has 4 nitrogen and oxygen atoms in total. The van der Waals surface area contributed by atoms with Crippen LogP contribution in [0.3, 0.4) is 0 Å². The van der Waals surface area contributed by atoms with Crippen LogP contribution >= 0.6 is 11.6 Å². The van der Waals surface area contributed by atoms with E-state index in [2.05, 4.69) is 19.2 Å². The number of rotatable bonds is 1. The molecule has 5 heteroatoms. The number of cyclic esters (lactones) is 1. The summed E-state index contributed by atoms with van der Waals surface area (Å²) < 4.78 is 5.23. The molecule has 1 aromatic rings. The molecule has 124 valence electrons. The molecule has 0 bridgehead atoms. The molecule has 1 N–H and O–H groups in total. The summed E-state index contributed by atoms with van der Waals surface area (Å²) in [5, 5.41) is 3.94. The number of carbonyl (C=O) groups is 2. The third-order valence-corrected chi connectivity index (χ3v) is 5.15. The van der Waals surface area contributed by atoms with Crippen molar-refractivity contribution in [2.75, 3.05) is 6.61 Å². The van der Waals surface area contributed by atoms with Crippen molar-refractivity contribution in [1.29, 1.82) is 0 Å². The summed E-state index contributed by atoms with van der Waals surface area (Å²) in [5.74, 6) is -0.617. The molecule has 0 saturated carbocycles. The maximum atomic E-state index is 12.9. The minimum absolute atomic E-state index is 0.0883. The number of esters is 1. The number of allylic oxidation sites excluding steroid dienone is 2. The fraction of sp³-hybridized carbons (Fsp3) is 0.368. The van der Waals surface area contributed by atoms with Gasteiger partial charge in [0.05, 0.1) is 11.3 Å². The van der Waals surface area contributed by atoms with Crippen molar-refractivity contribution in [3.05, 3.63) is 57.4 Å². The van der Waals surface area contributed by atoms with Crippen LogP contribution < -0.4 is 5.32 Å². The molecule has 0 amide bonds.